The van der Waals surface area contributed by atoms with Crippen LogP contribution in [0.15, 0.2) is 24.3 Å². The third-order valence-electron chi connectivity index (χ3n) is 3.21. The van der Waals surface area contributed by atoms with Crippen molar-refractivity contribution in [2.75, 3.05) is 6.54 Å². The molecule has 1 aromatic rings. The van der Waals surface area contributed by atoms with Crippen LogP contribution in [-0.4, -0.2) is 29.4 Å². The minimum Gasteiger partial charge on any atom is -0.444 e. The van der Waals surface area contributed by atoms with Crippen molar-refractivity contribution in [3.8, 4) is 0 Å². The van der Waals surface area contributed by atoms with Crippen LogP contribution in [0, 0.1) is 0 Å². The van der Waals surface area contributed by atoms with Gasteiger partial charge in [-0.2, -0.15) is 0 Å². The van der Waals surface area contributed by atoms with Crippen molar-refractivity contribution in [1.29, 1.82) is 0 Å². The molecule has 0 bridgehead atoms. The molecule has 0 aromatic heterocycles. The number of nitrogens with one attached hydrogen (secondary N) is 1. The lowest BCUT2D eigenvalue weighted by atomic mass is 10.00. The summed E-state index contributed by atoms with van der Waals surface area (Å²) < 4.78 is 5.19. The summed E-state index contributed by atoms with van der Waals surface area (Å²) >= 11 is 0. The van der Waals surface area contributed by atoms with E-state index in [2.05, 4.69) is 5.32 Å². The molecule has 4 nitrogen and oxygen atoms in total. The topological polar surface area (TPSA) is 58.6 Å². The molecular formula is C15H21NO3. The quantitative estimate of drug-likeness (QED) is 0.860. The molecule has 0 unspecified atom stereocenters. The first kappa shape index (κ1) is 13.9. The van der Waals surface area contributed by atoms with Gasteiger partial charge in [0.25, 0.3) is 0 Å². The maximum absolute atomic E-state index is 11.6. The van der Waals surface area contributed by atoms with E-state index in [4.69, 9.17) is 4.74 Å². The van der Waals surface area contributed by atoms with E-state index in [1.807, 2.05) is 45.0 Å². The van der Waals surface area contributed by atoms with E-state index < -0.39 is 17.8 Å². The number of carbonyl (C=O) groups excluding carboxylic acids is 1. The van der Waals surface area contributed by atoms with Crippen LogP contribution in [0.5, 0.6) is 0 Å². The Morgan fingerprint density at radius 1 is 1.42 bits per heavy atom. The number of benzene rings is 1. The molecule has 1 aromatic carbocycles. The van der Waals surface area contributed by atoms with Crippen LogP contribution in [0.4, 0.5) is 4.79 Å². The molecule has 2 N–H and O–H groups in total. The number of hydrogen-bond acceptors (Lipinski definition) is 3. The normalized spacial score (nSPS) is 21.9. The third-order valence-corrected chi connectivity index (χ3v) is 3.21. The molecule has 2 rings (SSSR count). The Hall–Kier alpha value is -1.55. The molecular weight excluding hydrogens is 242 g/mol. The summed E-state index contributed by atoms with van der Waals surface area (Å²) in [5.41, 5.74) is 1.77. The Balaban J connectivity index is 1.95. The predicted molar refractivity (Wildman–Crippen MR) is 73.1 cm³/mol. The maximum atomic E-state index is 11.6. The van der Waals surface area contributed by atoms with Gasteiger partial charge < -0.3 is 15.2 Å². The van der Waals surface area contributed by atoms with Gasteiger partial charge >= 0.3 is 6.09 Å². The van der Waals surface area contributed by atoms with Gasteiger partial charge in [0.05, 0.1) is 6.10 Å². The van der Waals surface area contributed by atoms with E-state index in [1.165, 1.54) is 0 Å². The second-order valence-electron chi connectivity index (χ2n) is 5.96. The van der Waals surface area contributed by atoms with Crippen molar-refractivity contribution in [3.05, 3.63) is 35.4 Å². The number of ether oxygens (including phenoxy) is 1. The van der Waals surface area contributed by atoms with Crippen LogP contribution in [0.3, 0.4) is 0 Å². The lowest BCUT2D eigenvalue weighted by Gasteiger charge is -2.21. The molecule has 104 valence electrons. The number of amides is 1. The second kappa shape index (κ2) is 5.21. The van der Waals surface area contributed by atoms with E-state index in [0.29, 0.717) is 13.0 Å². The van der Waals surface area contributed by atoms with Crippen molar-refractivity contribution in [2.45, 2.75) is 44.8 Å². The fraction of sp³-hybridized carbons (Fsp3) is 0.533. The highest BCUT2D eigenvalue weighted by Crippen LogP contribution is 2.32. The summed E-state index contributed by atoms with van der Waals surface area (Å²) in [7, 11) is 0. The van der Waals surface area contributed by atoms with E-state index in [-0.39, 0.29) is 5.92 Å². The summed E-state index contributed by atoms with van der Waals surface area (Å²) in [6, 6.07) is 7.95. The van der Waals surface area contributed by atoms with Crippen molar-refractivity contribution >= 4 is 6.09 Å². The van der Waals surface area contributed by atoms with Crippen LogP contribution in [-0.2, 0) is 11.2 Å². The number of carbonyl (C=O) groups is 1. The monoisotopic (exact) mass is 263 g/mol. The molecule has 1 aliphatic carbocycles. The summed E-state index contributed by atoms with van der Waals surface area (Å²) in [6.07, 6.45) is -0.229. The molecule has 0 heterocycles. The molecule has 0 aliphatic heterocycles. The van der Waals surface area contributed by atoms with E-state index in [1.54, 1.807) is 0 Å². The largest absolute Gasteiger partial charge is 0.444 e. The molecule has 1 amide bonds. The Labute approximate surface area is 113 Å². The third kappa shape index (κ3) is 3.47. The Morgan fingerprint density at radius 2 is 2.11 bits per heavy atom. The number of alkyl carbamates (subject to hydrolysis) is 1. The zero-order valence-corrected chi connectivity index (χ0v) is 11.6. The highest BCUT2D eigenvalue weighted by molar-refractivity contribution is 5.67. The first-order valence-electron chi connectivity index (χ1n) is 6.59. The fourth-order valence-corrected chi connectivity index (χ4v) is 2.41. The van der Waals surface area contributed by atoms with Crippen LogP contribution >= 0.6 is 0 Å². The van der Waals surface area contributed by atoms with E-state index >= 15 is 0 Å². The smallest absolute Gasteiger partial charge is 0.407 e. The molecule has 0 fully saturated rings. The first-order chi connectivity index (χ1) is 8.87. The first-order valence-corrected chi connectivity index (χ1v) is 6.59. The van der Waals surface area contributed by atoms with Gasteiger partial charge in [0, 0.05) is 12.5 Å². The molecule has 0 saturated carbocycles. The molecule has 4 heteroatoms. The average Bonchev–Trinajstić information content (AvgIpc) is 2.60. The Bertz CT molecular complexity index is 465. The molecule has 19 heavy (non-hydrogen) atoms. The molecule has 1 aliphatic rings. The summed E-state index contributed by atoms with van der Waals surface area (Å²) in [4.78, 5) is 11.6. The lowest BCUT2D eigenvalue weighted by Crippen LogP contribution is -2.36. The van der Waals surface area contributed by atoms with Gasteiger partial charge in [-0.25, -0.2) is 4.79 Å². The van der Waals surface area contributed by atoms with Crippen molar-refractivity contribution in [2.24, 2.45) is 0 Å². The molecule has 0 radical (unpaired) electrons. The number of fused-ring (bicyclic) bond motifs is 1. The number of hydrogen-bond donors (Lipinski definition) is 2. The minimum absolute atomic E-state index is 0.0521. The van der Waals surface area contributed by atoms with E-state index in [9.17, 15) is 9.90 Å². The SMILES string of the molecule is CC(C)(C)OC(=O)NC[C@H]1c2ccccc2C[C@@H]1O. The Kier molecular flexibility index (Phi) is 3.80. The van der Waals surface area contributed by atoms with Gasteiger partial charge in [-0.05, 0) is 38.3 Å². The van der Waals surface area contributed by atoms with Crippen LogP contribution < -0.4 is 5.32 Å². The number of aliphatic hydroxyl groups is 1. The maximum Gasteiger partial charge on any atom is 0.407 e. The minimum atomic E-state index is -0.504. The van der Waals surface area contributed by atoms with Gasteiger partial charge in [0.1, 0.15) is 5.60 Å². The van der Waals surface area contributed by atoms with Crippen molar-refractivity contribution in [3.63, 3.8) is 0 Å². The molecule has 2 atom stereocenters. The predicted octanol–water partition coefficient (Wildman–Crippen LogP) is 2.21. The van der Waals surface area contributed by atoms with E-state index in [0.717, 1.165) is 11.1 Å². The van der Waals surface area contributed by atoms with Gasteiger partial charge in [0.2, 0.25) is 0 Å². The van der Waals surface area contributed by atoms with Gasteiger partial charge in [0.15, 0.2) is 0 Å². The van der Waals surface area contributed by atoms with Gasteiger partial charge in [-0.1, -0.05) is 24.3 Å². The van der Waals surface area contributed by atoms with Crippen molar-refractivity contribution < 1.29 is 14.6 Å². The number of aliphatic hydroxyl groups excluding tert-OH is 1. The van der Waals surface area contributed by atoms with Crippen LogP contribution in [0.1, 0.15) is 37.8 Å². The van der Waals surface area contributed by atoms with Gasteiger partial charge in [-0.3, -0.25) is 0 Å². The zero-order chi connectivity index (χ0) is 14.0. The summed E-state index contributed by atoms with van der Waals surface area (Å²) in [5, 5.41) is 12.8. The second-order valence-corrected chi connectivity index (χ2v) is 5.96. The highest BCUT2D eigenvalue weighted by atomic mass is 16.6. The fourth-order valence-electron chi connectivity index (χ4n) is 2.41. The summed E-state index contributed by atoms with van der Waals surface area (Å²) in [6.45, 7) is 5.87. The molecule has 0 saturated heterocycles. The van der Waals surface area contributed by atoms with Gasteiger partial charge in [-0.15, -0.1) is 0 Å². The van der Waals surface area contributed by atoms with Crippen LogP contribution in [0.2, 0.25) is 0 Å². The summed E-state index contributed by atoms with van der Waals surface area (Å²) in [5.74, 6) is -0.0521. The highest BCUT2D eigenvalue weighted by Gasteiger charge is 2.31. The molecule has 0 spiro atoms. The Morgan fingerprint density at radius 3 is 2.79 bits per heavy atom. The van der Waals surface area contributed by atoms with Crippen molar-refractivity contribution in [1.82, 2.24) is 5.32 Å². The standard InChI is InChI=1S/C15H21NO3/c1-15(2,3)19-14(18)16-9-12-11-7-5-4-6-10(11)8-13(12)17/h4-7,12-13,17H,8-9H2,1-3H3,(H,16,18)/t12-,13-/m0/s1. The number of rotatable bonds is 2. The lowest BCUT2D eigenvalue weighted by molar-refractivity contribution is 0.0513. The zero-order valence-electron chi connectivity index (χ0n) is 11.6. The van der Waals surface area contributed by atoms with Crippen LogP contribution in [0.25, 0.3) is 0 Å². The average molecular weight is 263 g/mol.